The lowest BCUT2D eigenvalue weighted by Crippen LogP contribution is -2.50. The third-order valence-corrected chi connectivity index (χ3v) is 7.14. The van der Waals surface area contributed by atoms with Crippen molar-refractivity contribution in [2.75, 3.05) is 31.9 Å². The molecule has 138 valence electrons. The van der Waals surface area contributed by atoms with E-state index >= 15 is 0 Å². The topological polar surface area (TPSA) is 72.7 Å². The first kappa shape index (κ1) is 20.4. The molecule has 1 atom stereocenters. The SMILES string of the molecule is CCCC[S+]([O-])N1CCN(C(=S)SCc2ccc([N+](=O)[O-])cc2)CC1. The minimum atomic E-state index is -0.873. The van der Waals surface area contributed by atoms with Crippen molar-refractivity contribution in [1.82, 2.24) is 9.21 Å². The molecule has 0 radical (unpaired) electrons. The van der Waals surface area contributed by atoms with Gasteiger partial charge in [-0.15, -0.1) is 4.31 Å². The molecular formula is C16H23N3O3S3. The maximum atomic E-state index is 12.2. The Hall–Kier alpha value is -0.870. The van der Waals surface area contributed by atoms with E-state index in [4.69, 9.17) is 12.2 Å². The fourth-order valence-electron chi connectivity index (χ4n) is 2.42. The molecule has 1 unspecified atom stereocenters. The second-order valence-corrected chi connectivity index (χ2v) is 8.95. The van der Waals surface area contributed by atoms with Crippen LogP contribution in [0, 0.1) is 10.1 Å². The highest BCUT2D eigenvalue weighted by Crippen LogP contribution is 2.21. The molecule has 6 nitrogen and oxygen atoms in total. The van der Waals surface area contributed by atoms with Gasteiger partial charge in [0.2, 0.25) is 0 Å². The van der Waals surface area contributed by atoms with Gasteiger partial charge in [-0.2, -0.15) is 0 Å². The molecule has 0 N–H and O–H groups in total. The summed E-state index contributed by atoms with van der Waals surface area (Å²) in [6, 6.07) is 6.57. The van der Waals surface area contributed by atoms with Crippen LogP contribution < -0.4 is 0 Å². The van der Waals surface area contributed by atoms with Gasteiger partial charge >= 0.3 is 0 Å². The van der Waals surface area contributed by atoms with Crippen LogP contribution >= 0.6 is 24.0 Å². The van der Waals surface area contributed by atoms with Gasteiger partial charge in [0.1, 0.15) is 10.1 Å². The van der Waals surface area contributed by atoms with Crippen molar-refractivity contribution in [2.45, 2.75) is 25.5 Å². The summed E-state index contributed by atoms with van der Waals surface area (Å²) in [6.45, 7) is 5.24. The number of nitro benzene ring substituents is 1. The summed E-state index contributed by atoms with van der Waals surface area (Å²) in [6.07, 6.45) is 2.06. The molecule has 9 heteroatoms. The Morgan fingerprint density at radius 3 is 2.48 bits per heavy atom. The smallest absolute Gasteiger partial charge is 0.269 e. The van der Waals surface area contributed by atoms with Crippen molar-refractivity contribution in [3.63, 3.8) is 0 Å². The number of nitrogens with zero attached hydrogens (tertiary/aromatic N) is 3. The van der Waals surface area contributed by atoms with Crippen LogP contribution in [0.1, 0.15) is 25.3 Å². The van der Waals surface area contributed by atoms with Crippen LogP contribution in [0.4, 0.5) is 5.69 Å². The maximum absolute atomic E-state index is 12.2. The highest BCUT2D eigenvalue weighted by Gasteiger charge is 2.26. The van der Waals surface area contributed by atoms with Crippen molar-refractivity contribution >= 4 is 45.3 Å². The van der Waals surface area contributed by atoms with Crippen LogP contribution in [0.25, 0.3) is 0 Å². The van der Waals surface area contributed by atoms with Crippen LogP contribution in [0.15, 0.2) is 24.3 Å². The van der Waals surface area contributed by atoms with Gasteiger partial charge in [0.15, 0.2) is 0 Å². The van der Waals surface area contributed by atoms with Crippen LogP contribution in [-0.4, -0.2) is 54.9 Å². The van der Waals surface area contributed by atoms with Crippen molar-refractivity contribution < 1.29 is 9.48 Å². The Morgan fingerprint density at radius 2 is 1.92 bits per heavy atom. The number of non-ortho nitro benzene ring substituents is 1. The van der Waals surface area contributed by atoms with Gasteiger partial charge in [0.05, 0.1) is 18.0 Å². The molecule has 2 rings (SSSR count). The maximum Gasteiger partial charge on any atom is 0.269 e. The predicted molar refractivity (Wildman–Crippen MR) is 108 cm³/mol. The van der Waals surface area contributed by atoms with Crippen molar-refractivity contribution in [3.05, 3.63) is 39.9 Å². The average Bonchev–Trinajstić information content (AvgIpc) is 2.64. The fourth-order valence-corrected chi connectivity index (χ4v) is 4.99. The summed E-state index contributed by atoms with van der Waals surface area (Å²) in [4.78, 5) is 12.4. The van der Waals surface area contributed by atoms with E-state index in [0.717, 1.165) is 54.7 Å². The van der Waals surface area contributed by atoms with E-state index in [9.17, 15) is 14.7 Å². The highest BCUT2D eigenvalue weighted by molar-refractivity contribution is 8.22. The standard InChI is InChI=1S/C16H23N3O3S3/c1-2-3-12-25(22)18-10-8-17(9-11-18)16(23)24-13-14-4-6-15(7-5-14)19(20)21/h4-7H,2-3,8-13H2,1H3. The molecule has 1 aromatic carbocycles. The van der Waals surface area contributed by atoms with E-state index in [1.54, 1.807) is 23.9 Å². The predicted octanol–water partition coefficient (Wildman–Crippen LogP) is 3.19. The number of nitro groups is 1. The third kappa shape index (κ3) is 6.41. The average molecular weight is 402 g/mol. The first-order valence-electron chi connectivity index (χ1n) is 8.29. The van der Waals surface area contributed by atoms with Crippen LogP contribution in [-0.2, 0) is 17.1 Å². The van der Waals surface area contributed by atoms with Crippen LogP contribution in [0.2, 0.25) is 0 Å². The molecule has 25 heavy (non-hydrogen) atoms. The zero-order valence-electron chi connectivity index (χ0n) is 14.3. The number of hydrogen-bond acceptors (Lipinski definition) is 6. The Kier molecular flexibility index (Phi) is 8.44. The number of hydrogen-bond donors (Lipinski definition) is 0. The number of thiocarbonyl (C=S) groups is 1. The number of rotatable bonds is 7. The summed E-state index contributed by atoms with van der Waals surface area (Å²) in [5, 5.41) is 10.7. The molecule has 1 aliphatic heterocycles. The van der Waals surface area contributed by atoms with Gasteiger partial charge in [0, 0.05) is 42.3 Å². The Balaban J connectivity index is 1.74. The van der Waals surface area contributed by atoms with E-state index in [-0.39, 0.29) is 5.69 Å². The lowest BCUT2D eigenvalue weighted by Gasteiger charge is -2.35. The molecular weight excluding hydrogens is 378 g/mol. The van der Waals surface area contributed by atoms with E-state index in [0.29, 0.717) is 5.75 Å². The second-order valence-electron chi connectivity index (χ2n) is 5.77. The zero-order chi connectivity index (χ0) is 18.2. The summed E-state index contributed by atoms with van der Waals surface area (Å²) in [7, 11) is 0. The largest absolute Gasteiger partial charge is 0.598 e. The van der Waals surface area contributed by atoms with Crippen molar-refractivity contribution in [2.24, 2.45) is 0 Å². The monoisotopic (exact) mass is 401 g/mol. The normalized spacial score (nSPS) is 16.6. The first-order valence-corrected chi connectivity index (χ1v) is 11.0. The molecule has 1 heterocycles. The molecule has 0 aliphatic carbocycles. The number of benzene rings is 1. The molecule has 1 aliphatic rings. The summed E-state index contributed by atoms with van der Waals surface area (Å²) in [5.74, 6) is 1.44. The summed E-state index contributed by atoms with van der Waals surface area (Å²) >= 11 is 6.20. The molecule has 0 saturated carbocycles. The Labute approximate surface area is 161 Å². The molecule has 1 fully saturated rings. The molecule has 0 bridgehead atoms. The van der Waals surface area contributed by atoms with Gasteiger partial charge in [0.25, 0.3) is 5.69 Å². The van der Waals surface area contributed by atoms with Crippen molar-refractivity contribution in [1.29, 1.82) is 0 Å². The van der Waals surface area contributed by atoms with Gasteiger partial charge < -0.3 is 9.45 Å². The number of unbranched alkanes of at least 4 members (excludes halogenated alkanes) is 1. The summed E-state index contributed by atoms with van der Waals surface area (Å²) in [5.41, 5.74) is 1.11. The fraction of sp³-hybridized carbons (Fsp3) is 0.562. The molecule has 0 spiro atoms. The van der Waals surface area contributed by atoms with E-state index in [1.807, 2.05) is 4.31 Å². The van der Waals surface area contributed by atoms with E-state index in [2.05, 4.69) is 11.8 Å². The number of piperazine rings is 1. The van der Waals surface area contributed by atoms with Crippen LogP contribution in [0.3, 0.4) is 0 Å². The van der Waals surface area contributed by atoms with Gasteiger partial charge in [-0.3, -0.25) is 10.1 Å². The van der Waals surface area contributed by atoms with E-state index in [1.165, 1.54) is 12.1 Å². The third-order valence-electron chi connectivity index (χ3n) is 3.97. The second kappa shape index (κ2) is 10.3. The Bertz CT molecular complexity index is 578. The molecule has 1 aromatic rings. The van der Waals surface area contributed by atoms with E-state index < -0.39 is 16.3 Å². The Morgan fingerprint density at radius 1 is 1.28 bits per heavy atom. The molecule has 0 amide bonds. The minimum absolute atomic E-state index is 0.100. The molecule has 0 aromatic heterocycles. The minimum Gasteiger partial charge on any atom is -0.598 e. The zero-order valence-corrected chi connectivity index (χ0v) is 16.7. The highest BCUT2D eigenvalue weighted by atomic mass is 32.2. The van der Waals surface area contributed by atoms with Gasteiger partial charge in [-0.05, 0) is 12.0 Å². The summed E-state index contributed by atoms with van der Waals surface area (Å²) < 4.78 is 15.0. The van der Waals surface area contributed by atoms with Crippen molar-refractivity contribution in [3.8, 4) is 0 Å². The van der Waals surface area contributed by atoms with Gasteiger partial charge in [-0.25, -0.2) is 0 Å². The lowest BCUT2D eigenvalue weighted by atomic mass is 10.2. The van der Waals surface area contributed by atoms with Gasteiger partial charge in [-0.1, -0.05) is 49.5 Å². The first-order chi connectivity index (χ1) is 12.0. The number of thioether (sulfide) groups is 1. The quantitative estimate of drug-likeness (QED) is 0.301. The lowest BCUT2D eigenvalue weighted by molar-refractivity contribution is -0.384. The molecule has 1 saturated heterocycles. The van der Waals surface area contributed by atoms with Crippen LogP contribution in [0.5, 0.6) is 0 Å².